The van der Waals surface area contributed by atoms with E-state index in [0.717, 1.165) is 11.4 Å². The number of hydrogen-bond acceptors (Lipinski definition) is 4. The molecule has 0 aromatic heterocycles. The molecule has 1 aliphatic heterocycles. The van der Waals surface area contributed by atoms with Crippen molar-refractivity contribution >= 4 is 11.5 Å². The van der Waals surface area contributed by atoms with Gasteiger partial charge in [0, 0.05) is 6.07 Å². The molecule has 1 aliphatic carbocycles. The lowest BCUT2D eigenvalue weighted by Crippen LogP contribution is -2.18. The van der Waals surface area contributed by atoms with Crippen LogP contribution in [0.4, 0.5) is 5.69 Å². The number of carbonyl (C=O) groups excluding carboxylic acids is 1. The number of ketones is 1. The average molecular weight is 215 g/mol. The number of anilines is 1. The van der Waals surface area contributed by atoms with Crippen molar-refractivity contribution in [1.82, 2.24) is 0 Å². The summed E-state index contributed by atoms with van der Waals surface area (Å²) in [5.41, 5.74) is 1.53. The molecule has 3 rings (SSSR count). The molecule has 16 heavy (non-hydrogen) atoms. The Morgan fingerprint density at radius 2 is 2.19 bits per heavy atom. The van der Waals surface area contributed by atoms with Gasteiger partial charge in [0.05, 0.1) is 17.8 Å². The van der Waals surface area contributed by atoms with E-state index < -0.39 is 0 Å². The second kappa shape index (κ2) is 3.13. The molecule has 1 aromatic rings. The van der Waals surface area contributed by atoms with Gasteiger partial charge < -0.3 is 15.2 Å². The van der Waals surface area contributed by atoms with Gasteiger partial charge in [-0.25, -0.2) is 0 Å². The summed E-state index contributed by atoms with van der Waals surface area (Å²) in [5, 5.41) is 12.5. The van der Waals surface area contributed by atoms with Gasteiger partial charge in [0.1, 0.15) is 11.5 Å². The van der Waals surface area contributed by atoms with E-state index >= 15 is 0 Å². The number of hydrogen-bond donors (Lipinski definition) is 2. The number of rotatable bonds is 0. The Balaban J connectivity index is 2.02. The highest BCUT2D eigenvalue weighted by atomic mass is 16.5. The van der Waals surface area contributed by atoms with Gasteiger partial charge in [-0.3, -0.25) is 4.79 Å². The maximum absolute atomic E-state index is 11.2. The number of ether oxygens (including phenoxy) is 1. The molecule has 1 aromatic carbocycles. The number of benzene rings is 1. The van der Waals surface area contributed by atoms with Crippen molar-refractivity contribution in [3.05, 3.63) is 41.8 Å². The molecule has 2 N–H and O–H groups in total. The quantitative estimate of drug-likeness (QED) is 0.649. The number of nitrogens with one attached hydrogen (secondary N) is 1. The molecule has 0 saturated carbocycles. The standard InChI is InChI=1S/C12H9NO3/c14-7-2-4-11-10(5-7)13-9-3-1-8(15)6-12(9)16-11/h1-4,6,13,15H,5H2. The first-order chi connectivity index (χ1) is 7.72. The Bertz CT molecular complexity index is 543. The van der Waals surface area contributed by atoms with Gasteiger partial charge in [0.2, 0.25) is 0 Å². The third-order valence-corrected chi connectivity index (χ3v) is 2.54. The highest BCUT2D eigenvalue weighted by molar-refractivity contribution is 5.94. The molecule has 0 spiro atoms. The van der Waals surface area contributed by atoms with E-state index in [-0.39, 0.29) is 11.5 Å². The minimum atomic E-state index is 0.0529. The van der Waals surface area contributed by atoms with Crippen LogP contribution in [0.25, 0.3) is 0 Å². The van der Waals surface area contributed by atoms with E-state index in [4.69, 9.17) is 4.74 Å². The zero-order chi connectivity index (χ0) is 11.1. The molecule has 1 heterocycles. The Morgan fingerprint density at radius 3 is 3.06 bits per heavy atom. The van der Waals surface area contributed by atoms with Gasteiger partial charge >= 0.3 is 0 Å². The van der Waals surface area contributed by atoms with E-state index in [9.17, 15) is 9.90 Å². The predicted molar refractivity (Wildman–Crippen MR) is 58.1 cm³/mol. The molecule has 2 aliphatic rings. The number of fused-ring (bicyclic) bond motifs is 1. The smallest absolute Gasteiger partial charge is 0.161 e. The van der Waals surface area contributed by atoms with Gasteiger partial charge in [-0.05, 0) is 24.3 Å². The minimum Gasteiger partial charge on any atom is -0.508 e. The molecule has 0 atom stereocenters. The maximum Gasteiger partial charge on any atom is 0.161 e. The van der Waals surface area contributed by atoms with Crippen LogP contribution in [0.1, 0.15) is 6.42 Å². The highest BCUT2D eigenvalue weighted by Crippen LogP contribution is 2.37. The van der Waals surface area contributed by atoms with Crippen LogP contribution in [-0.4, -0.2) is 10.9 Å². The van der Waals surface area contributed by atoms with E-state index in [1.807, 2.05) is 0 Å². The van der Waals surface area contributed by atoms with Gasteiger partial charge in [-0.15, -0.1) is 0 Å². The molecule has 4 heteroatoms. The van der Waals surface area contributed by atoms with Crippen LogP contribution in [0, 0.1) is 0 Å². The summed E-state index contributed by atoms with van der Waals surface area (Å²) in [5.74, 6) is 1.41. The fourth-order valence-electron chi connectivity index (χ4n) is 1.77. The summed E-state index contributed by atoms with van der Waals surface area (Å²) in [4.78, 5) is 11.2. The van der Waals surface area contributed by atoms with Gasteiger partial charge in [-0.2, -0.15) is 0 Å². The molecule has 0 amide bonds. The highest BCUT2D eigenvalue weighted by Gasteiger charge is 2.22. The monoisotopic (exact) mass is 215 g/mol. The van der Waals surface area contributed by atoms with Gasteiger partial charge in [0.15, 0.2) is 11.5 Å². The Hall–Kier alpha value is -2.23. The molecule has 0 radical (unpaired) electrons. The molecule has 80 valence electrons. The van der Waals surface area contributed by atoms with Crippen molar-refractivity contribution in [1.29, 1.82) is 0 Å². The Kier molecular flexibility index (Phi) is 1.77. The first-order valence-electron chi connectivity index (χ1n) is 4.94. The SMILES string of the molecule is O=C1C=CC2=C(C1)Nc1ccc(O)cc1O2. The lowest BCUT2D eigenvalue weighted by Gasteiger charge is -2.24. The van der Waals surface area contributed by atoms with Crippen LogP contribution in [0.3, 0.4) is 0 Å². The number of phenolic OH excluding ortho intramolecular Hbond substituents is 1. The van der Waals surface area contributed by atoms with Crippen LogP contribution in [0.2, 0.25) is 0 Å². The normalized spacial score (nSPS) is 17.4. The van der Waals surface area contributed by atoms with Crippen LogP contribution in [0.15, 0.2) is 41.8 Å². The average Bonchev–Trinajstić information content (AvgIpc) is 2.26. The lowest BCUT2D eigenvalue weighted by molar-refractivity contribution is -0.114. The summed E-state index contributed by atoms with van der Waals surface area (Å²) in [6.45, 7) is 0. The lowest BCUT2D eigenvalue weighted by atomic mass is 10.1. The number of allylic oxidation sites excluding steroid dienone is 3. The van der Waals surface area contributed by atoms with Crippen molar-refractivity contribution in [2.24, 2.45) is 0 Å². The molecule has 0 fully saturated rings. The van der Waals surface area contributed by atoms with Crippen LogP contribution in [-0.2, 0) is 4.79 Å². The molecular formula is C12H9NO3. The first-order valence-corrected chi connectivity index (χ1v) is 4.94. The molecule has 4 nitrogen and oxygen atoms in total. The third-order valence-electron chi connectivity index (χ3n) is 2.54. The summed E-state index contributed by atoms with van der Waals surface area (Å²) >= 11 is 0. The van der Waals surface area contributed by atoms with Crippen molar-refractivity contribution in [3.8, 4) is 11.5 Å². The van der Waals surface area contributed by atoms with E-state index in [1.54, 1.807) is 18.2 Å². The summed E-state index contributed by atoms with van der Waals surface area (Å²) in [7, 11) is 0. The molecular weight excluding hydrogens is 206 g/mol. The summed E-state index contributed by atoms with van der Waals surface area (Å²) in [6, 6.07) is 4.83. The van der Waals surface area contributed by atoms with Crippen LogP contribution >= 0.6 is 0 Å². The fourth-order valence-corrected chi connectivity index (χ4v) is 1.77. The van der Waals surface area contributed by atoms with E-state index in [2.05, 4.69) is 5.32 Å². The zero-order valence-electron chi connectivity index (χ0n) is 8.36. The Morgan fingerprint density at radius 1 is 1.31 bits per heavy atom. The maximum atomic E-state index is 11.2. The van der Waals surface area contributed by atoms with E-state index in [1.165, 1.54) is 12.1 Å². The van der Waals surface area contributed by atoms with Gasteiger partial charge in [0.25, 0.3) is 0 Å². The number of aromatic hydroxyl groups is 1. The number of phenols is 1. The zero-order valence-corrected chi connectivity index (χ0v) is 8.36. The van der Waals surface area contributed by atoms with Crippen molar-refractivity contribution in [2.45, 2.75) is 6.42 Å². The van der Waals surface area contributed by atoms with E-state index in [0.29, 0.717) is 17.9 Å². The van der Waals surface area contributed by atoms with Gasteiger partial charge in [-0.1, -0.05) is 0 Å². The summed E-state index contributed by atoms with van der Waals surface area (Å²) < 4.78 is 5.58. The number of carbonyl (C=O) groups is 1. The molecule has 0 unspecified atom stereocenters. The second-order valence-electron chi connectivity index (χ2n) is 3.73. The second-order valence-corrected chi connectivity index (χ2v) is 3.73. The molecule has 0 bridgehead atoms. The predicted octanol–water partition coefficient (Wildman–Crippen LogP) is 1.94. The van der Waals surface area contributed by atoms with Crippen molar-refractivity contribution in [2.75, 3.05) is 5.32 Å². The minimum absolute atomic E-state index is 0.0529. The van der Waals surface area contributed by atoms with Crippen LogP contribution < -0.4 is 10.1 Å². The summed E-state index contributed by atoms with van der Waals surface area (Å²) in [6.07, 6.45) is 3.46. The topological polar surface area (TPSA) is 58.6 Å². The molecule has 0 saturated heterocycles. The first kappa shape index (κ1) is 9.03. The third kappa shape index (κ3) is 1.35. The van der Waals surface area contributed by atoms with Crippen LogP contribution in [0.5, 0.6) is 11.5 Å². The Labute approximate surface area is 91.8 Å². The van der Waals surface area contributed by atoms with Crippen molar-refractivity contribution < 1.29 is 14.6 Å². The largest absolute Gasteiger partial charge is 0.508 e. The fraction of sp³-hybridized carbons (Fsp3) is 0.0833. The van der Waals surface area contributed by atoms with Crippen molar-refractivity contribution in [3.63, 3.8) is 0 Å².